The van der Waals surface area contributed by atoms with Gasteiger partial charge in [-0.2, -0.15) is 4.98 Å². The molecule has 3 aliphatic heterocycles. The van der Waals surface area contributed by atoms with Gasteiger partial charge in [-0.1, -0.05) is 0 Å². The second-order valence-electron chi connectivity index (χ2n) is 4.92. The summed E-state index contributed by atoms with van der Waals surface area (Å²) in [6.07, 6.45) is 4.27. The Kier molecular flexibility index (Phi) is 3.36. The molecule has 0 spiro atoms. The second-order valence-corrected chi connectivity index (χ2v) is 5.78. The van der Waals surface area contributed by atoms with Crippen LogP contribution in [-0.2, 0) is 0 Å². The Balaban J connectivity index is 1.76. The molecule has 0 aromatic carbocycles. The highest BCUT2D eigenvalue weighted by Crippen LogP contribution is 2.31. The zero-order chi connectivity index (χ0) is 12.5. The predicted octanol–water partition coefficient (Wildman–Crippen LogP) is 1.03. The average Bonchev–Trinajstić information content (AvgIpc) is 2.43. The van der Waals surface area contributed by atoms with Crippen molar-refractivity contribution >= 4 is 27.7 Å². The van der Waals surface area contributed by atoms with Crippen LogP contribution in [0.3, 0.4) is 0 Å². The lowest BCUT2D eigenvalue weighted by molar-refractivity contribution is 0.0973. The first-order valence-electron chi connectivity index (χ1n) is 6.24. The van der Waals surface area contributed by atoms with Gasteiger partial charge in [-0.15, -0.1) is 0 Å². The highest BCUT2D eigenvalue weighted by Gasteiger charge is 2.34. The lowest BCUT2D eigenvalue weighted by atomic mass is 9.84. The number of halogens is 1. The molecule has 2 bridgehead atoms. The predicted molar refractivity (Wildman–Crippen MR) is 74.1 cm³/mol. The number of hydrazine groups is 1. The van der Waals surface area contributed by atoms with E-state index in [1.807, 2.05) is 0 Å². The lowest BCUT2D eigenvalue weighted by Gasteiger charge is -2.45. The van der Waals surface area contributed by atoms with Crippen molar-refractivity contribution in [1.82, 2.24) is 14.9 Å². The third kappa shape index (κ3) is 2.30. The number of nitrogens with two attached hydrogens (primary N) is 1. The molecule has 3 saturated heterocycles. The largest absolute Gasteiger partial charge is 0.365 e. The van der Waals surface area contributed by atoms with E-state index in [2.05, 4.69) is 41.5 Å². The molecule has 0 radical (unpaired) electrons. The van der Waals surface area contributed by atoms with E-state index in [1.165, 1.54) is 25.9 Å². The fourth-order valence-electron chi connectivity index (χ4n) is 2.84. The van der Waals surface area contributed by atoms with Crippen molar-refractivity contribution in [3.63, 3.8) is 0 Å². The first kappa shape index (κ1) is 12.1. The fraction of sp³-hybridized carbons (Fsp3) is 0.636. The molecule has 6 nitrogen and oxygen atoms in total. The normalized spacial score (nSPS) is 30.2. The Morgan fingerprint density at radius 3 is 2.78 bits per heavy atom. The summed E-state index contributed by atoms with van der Waals surface area (Å²) >= 11 is 3.47. The zero-order valence-corrected chi connectivity index (χ0v) is 11.7. The molecule has 0 aliphatic carbocycles. The van der Waals surface area contributed by atoms with Crippen LogP contribution in [0.15, 0.2) is 10.7 Å². The molecule has 7 heteroatoms. The molecule has 4 rings (SSSR count). The third-order valence-corrected chi connectivity index (χ3v) is 4.43. The van der Waals surface area contributed by atoms with Gasteiger partial charge in [0.05, 0.1) is 4.47 Å². The third-order valence-electron chi connectivity index (χ3n) is 3.85. The summed E-state index contributed by atoms with van der Waals surface area (Å²) in [6.45, 7) is 3.58. The number of aromatic nitrogens is 2. The minimum Gasteiger partial charge on any atom is -0.365 e. The average molecular weight is 313 g/mol. The number of hydrogen-bond acceptors (Lipinski definition) is 6. The van der Waals surface area contributed by atoms with Gasteiger partial charge in [0.15, 0.2) is 0 Å². The number of anilines is 2. The van der Waals surface area contributed by atoms with E-state index in [9.17, 15) is 0 Å². The van der Waals surface area contributed by atoms with E-state index in [4.69, 9.17) is 5.84 Å². The van der Waals surface area contributed by atoms with Crippen LogP contribution in [0.1, 0.15) is 12.8 Å². The minimum atomic E-state index is 0.432. The van der Waals surface area contributed by atoms with E-state index in [0.717, 1.165) is 22.8 Å². The van der Waals surface area contributed by atoms with Crippen molar-refractivity contribution in [3.05, 3.63) is 10.7 Å². The minimum absolute atomic E-state index is 0.432. The van der Waals surface area contributed by atoms with Crippen LogP contribution in [-0.4, -0.2) is 40.5 Å². The van der Waals surface area contributed by atoms with Gasteiger partial charge in [0, 0.05) is 18.8 Å². The zero-order valence-electron chi connectivity index (χ0n) is 10.1. The summed E-state index contributed by atoms with van der Waals surface area (Å²) in [5, 5.41) is 3.52. The van der Waals surface area contributed by atoms with Gasteiger partial charge in [-0.05, 0) is 47.8 Å². The van der Waals surface area contributed by atoms with Crippen LogP contribution in [0.25, 0.3) is 0 Å². The van der Waals surface area contributed by atoms with Crippen molar-refractivity contribution in [2.24, 2.45) is 11.8 Å². The maximum atomic E-state index is 5.34. The molecule has 98 valence electrons. The molecule has 0 amide bonds. The molecule has 1 atom stereocenters. The molecule has 3 aliphatic rings. The summed E-state index contributed by atoms with van der Waals surface area (Å²) in [4.78, 5) is 10.9. The van der Waals surface area contributed by atoms with E-state index in [0.29, 0.717) is 12.0 Å². The van der Waals surface area contributed by atoms with Crippen LogP contribution >= 0.6 is 15.9 Å². The Hall–Kier alpha value is -0.920. The fourth-order valence-corrected chi connectivity index (χ4v) is 3.15. The molecule has 4 heterocycles. The van der Waals surface area contributed by atoms with Gasteiger partial charge in [-0.3, -0.25) is 5.43 Å². The molecular weight excluding hydrogens is 296 g/mol. The number of nitrogen functional groups attached to an aromatic ring is 1. The quantitative estimate of drug-likeness (QED) is 0.571. The maximum Gasteiger partial charge on any atom is 0.239 e. The van der Waals surface area contributed by atoms with Gasteiger partial charge < -0.3 is 10.2 Å². The number of hydrogen-bond donors (Lipinski definition) is 3. The Morgan fingerprint density at radius 2 is 2.17 bits per heavy atom. The number of piperidine rings is 3. The van der Waals surface area contributed by atoms with Crippen LogP contribution in [0.4, 0.5) is 11.8 Å². The Bertz CT molecular complexity index is 432. The van der Waals surface area contributed by atoms with Gasteiger partial charge in [-0.25, -0.2) is 10.8 Å². The molecule has 1 unspecified atom stereocenters. The lowest BCUT2D eigenvalue weighted by Crippen LogP contribution is -2.53. The molecule has 4 N–H and O–H groups in total. The highest BCUT2D eigenvalue weighted by molar-refractivity contribution is 9.10. The summed E-state index contributed by atoms with van der Waals surface area (Å²) < 4.78 is 0.873. The second kappa shape index (κ2) is 4.99. The molecule has 1 aromatic rings. The molecule has 0 saturated carbocycles. The first-order chi connectivity index (χ1) is 8.76. The van der Waals surface area contributed by atoms with E-state index < -0.39 is 0 Å². The van der Waals surface area contributed by atoms with Crippen molar-refractivity contribution in [2.75, 3.05) is 30.4 Å². The smallest absolute Gasteiger partial charge is 0.239 e. The van der Waals surface area contributed by atoms with Crippen molar-refractivity contribution < 1.29 is 0 Å². The topological polar surface area (TPSA) is 79.1 Å². The molecular formula is C11H17BrN6. The summed E-state index contributed by atoms with van der Waals surface area (Å²) in [5.74, 6) is 7.34. The van der Waals surface area contributed by atoms with Gasteiger partial charge >= 0.3 is 0 Å². The Morgan fingerprint density at radius 1 is 1.39 bits per heavy atom. The van der Waals surface area contributed by atoms with Crippen LogP contribution < -0.4 is 16.6 Å². The Labute approximate surface area is 114 Å². The van der Waals surface area contributed by atoms with Gasteiger partial charge in [0.25, 0.3) is 0 Å². The maximum absolute atomic E-state index is 5.34. The number of nitrogens with one attached hydrogen (secondary N) is 2. The van der Waals surface area contributed by atoms with E-state index in [-0.39, 0.29) is 0 Å². The number of fused-ring (bicyclic) bond motifs is 3. The standard InChI is InChI=1S/C11H17BrN6/c12-8-5-14-11(17-13)16-10(8)15-9-6-18-3-1-7(9)2-4-18/h5,7,9H,1-4,6,13H2,(H2,14,15,16,17). The van der Waals surface area contributed by atoms with Crippen molar-refractivity contribution in [1.29, 1.82) is 0 Å². The van der Waals surface area contributed by atoms with E-state index >= 15 is 0 Å². The van der Waals surface area contributed by atoms with Crippen LogP contribution in [0.2, 0.25) is 0 Å². The summed E-state index contributed by atoms with van der Waals surface area (Å²) in [7, 11) is 0. The van der Waals surface area contributed by atoms with Gasteiger partial charge in [0.1, 0.15) is 5.82 Å². The summed E-state index contributed by atoms with van der Waals surface area (Å²) in [5.41, 5.74) is 2.47. The summed E-state index contributed by atoms with van der Waals surface area (Å²) in [6, 6.07) is 0.476. The van der Waals surface area contributed by atoms with Crippen molar-refractivity contribution in [3.8, 4) is 0 Å². The molecule has 3 fully saturated rings. The molecule has 18 heavy (non-hydrogen) atoms. The SMILES string of the molecule is NNc1ncc(Br)c(NC2CN3CCC2CC3)n1. The monoisotopic (exact) mass is 312 g/mol. The first-order valence-corrected chi connectivity index (χ1v) is 7.03. The van der Waals surface area contributed by atoms with Crippen LogP contribution in [0, 0.1) is 5.92 Å². The molecule has 1 aromatic heterocycles. The number of rotatable bonds is 3. The van der Waals surface area contributed by atoms with E-state index in [1.54, 1.807) is 6.20 Å². The number of nitrogens with zero attached hydrogens (tertiary/aromatic N) is 3. The van der Waals surface area contributed by atoms with Gasteiger partial charge in [0.2, 0.25) is 5.95 Å². The van der Waals surface area contributed by atoms with Crippen LogP contribution in [0.5, 0.6) is 0 Å². The highest BCUT2D eigenvalue weighted by atomic mass is 79.9. The van der Waals surface area contributed by atoms with Crippen molar-refractivity contribution in [2.45, 2.75) is 18.9 Å².